The van der Waals surface area contributed by atoms with Gasteiger partial charge in [0.1, 0.15) is 11.6 Å². The van der Waals surface area contributed by atoms with E-state index in [1.54, 1.807) is 18.2 Å². The molecule has 0 radical (unpaired) electrons. The van der Waals surface area contributed by atoms with Crippen LogP contribution >= 0.6 is 11.6 Å². The van der Waals surface area contributed by atoms with E-state index in [4.69, 9.17) is 21.1 Å². The number of aromatic amines is 1. The fraction of sp³-hybridized carbons (Fsp3) is 0.100. The second-order valence-corrected chi connectivity index (χ2v) is 6.78. The van der Waals surface area contributed by atoms with E-state index in [1.165, 1.54) is 18.2 Å². The second kappa shape index (κ2) is 7.77. The van der Waals surface area contributed by atoms with Crippen molar-refractivity contribution in [3.05, 3.63) is 85.1 Å². The number of amides is 1. The maximum Gasteiger partial charge on any atom is 0.328 e. The third kappa shape index (κ3) is 3.64. The van der Waals surface area contributed by atoms with Gasteiger partial charge in [-0.2, -0.15) is 5.26 Å². The standard InChI is InChI=1S/C20H13ClN4O5/c21-13-3-2-12(7-22)15(6-13)24-18(26)14-8-23-20(28)25(19(14)27)9-11-1-4-16-17(5-11)30-10-29-16/h1-6,8H,9-10H2,(H,23,28)(H,24,26). The SMILES string of the molecule is N#Cc1ccc(Cl)cc1NC(=O)c1c[nH]c(=O)n(Cc2ccc3c(c2)OCO3)c1=O. The average Bonchev–Trinajstić information content (AvgIpc) is 3.19. The van der Waals surface area contributed by atoms with Crippen LogP contribution in [0.1, 0.15) is 21.5 Å². The first-order chi connectivity index (χ1) is 14.5. The molecule has 0 unspecified atom stereocenters. The van der Waals surface area contributed by atoms with Gasteiger partial charge in [0, 0.05) is 11.2 Å². The van der Waals surface area contributed by atoms with Gasteiger partial charge in [0.25, 0.3) is 11.5 Å². The first kappa shape index (κ1) is 19.3. The van der Waals surface area contributed by atoms with E-state index < -0.39 is 17.2 Å². The average molecular weight is 425 g/mol. The van der Waals surface area contributed by atoms with Crippen LogP contribution in [0.5, 0.6) is 11.5 Å². The van der Waals surface area contributed by atoms with Gasteiger partial charge in [-0.15, -0.1) is 0 Å². The van der Waals surface area contributed by atoms with E-state index in [-0.39, 0.29) is 30.2 Å². The van der Waals surface area contributed by atoms with Crippen molar-refractivity contribution >= 4 is 23.2 Å². The van der Waals surface area contributed by atoms with Gasteiger partial charge in [-0.1, -0.05) is 17.7 Å². The summed E-state index contributed by atoms with van der Waals surface area (Å²) in [5, 5.41) is 12.0. The number of halogens is 1. The van der Waals surface area contributed by atoms with Gasteiger partial charge >= 0.3 is 5.69 Å². The summed E-state index contributed by atoms with van der Waals surface area (Å²) in [6.45, 7) is 0.0235. The molecular weight excluding hydrogens is 412 g/mol. The van der Waals surface area contributed by atoms with E-state index >= 15 is 0 Å². The van der Waals surface area contributed by atoms with Crippen molar-refractivity contribution in [2.45, 2.75) is 6.54 Å². The van der Waals surface area contributed by atoms with Crippen LogP contribution in [0.3, 0.4) is 0 Å². The van der Waals surface area contributed by atoms with Crippen LogP contribution in [0.4, 0.5) is 5.69 Å². The minimum absolute atomic E-state index is 0.0768. The Morgan fingerprint density at radius 1 is 1.20 bits per heavy atom. The molecule has 0 saturated heterocycles. The molecule has 1 aliphatic rings. The minimum Gasteiger partial charge on any atom is -0.454 e. The lowest BCUT2D eigenvalue weighted by Gasteiger charge is -2.10. The first-order valence-electron chi connectivity index (χ1n) is 8.68. The predicted molar refractivity (Wildman–Crippen MR) is 107 cm³/mol. The zero-order valence-electron chi connectivity index (χ0n) is 15.3. The van der Waals surface area contributed by atoms with E-state index in [2.05, 4.69) is 10.3 Å². The number of aromatic nitrogens is 2. The monoisotopic (exact) mass is 424 g/mol. The zero-order chi connectivity index (χ0) is 21.3. The summed E-state index contributed by atoms with van der Waals surface area (Å²) in [5.74, 6) is 0.299. The molecule has 2 aromatic carbocycles. The Morgan fingerprint density at radius 2 is 2.00 bits per heavy atom. The highest BCUT2D eigenvalue weighted by Crippen LogP contribution is 2.32. The Labute approximate surface area is 174 Å². The lowest BCUT2D eigenvalue weighted by Crippen LogP contribution is -2.39. The normalized spacial score (nSPS) is 11.7. The quantitative estimate of drug-likeness (QED) is 0.660. The lowest BCUT2D eigenvalue weighted by atomic mass is 10.2. The van der Waals surface area contributed by atoms with Crippen LogP contribution in [-0.2, 0) is 6.54 Å². The fourth-order valence-electron chi connectivity index (χ4n) is 2.95. The van der Waals surface area contributed by atoms with Gasteiger partial charge in [0.15, 0.2) is 11.5 Å². The van der Waals surface area contributed by atoms with Gasteiger partial charge in [-0.05, 0) is 35.9 Å². The van der Waals surface area contributed by atoms with Gasteiger partial charge in [-0.25, -0.2) is 4.79 Å². The summed E-state index contributed by atoms with van der Waals surface area (Å²) < 4.78 is 11.4. The molecule has 0 aliphatic carbocycles. The lowest BCUT2D eigenvalue weighted by molar-refractivity contribution is 0.102. The number of fused-ring (bicyclic) bond motifs is 1. The van der Waals surface area contributed by atoms with Crippen LogP contribution in [0.25, 0.3) is 0 Å². The van der Waals surface area contributed by atoms with Gasteiger partial charge in [-0.3, -0.25) is 14.2 Å². The Bertz CT molecular complexity index is 1320. The van der Waals surface area contributed by atoms with Crippen LogP contribution in [-0.4, -0.2) is 22.3 Å². The van der Waals surface area contributed by atoms with Crippen molar-refractivity contribution in [3.63, 3.8) is 0 Å². The van der Waals surface area contributed by atoms with Crippen LogP contribution in [0.15, 0.2) is 52.2 Å². The molecule has 9 nitrogen and oxygen atoms in total. The molecule has 150 valence electrons. The highest BCUT2D eigenvalue weighted by Gasteiger charge is 2.18. The summed E-state index contributed by atoms with van der Waals surface area (Å²) >= 11 is 5.92. The number of benzene rings is 2. The minimum atomic E-state index is -0.783. The van der Waals surface area contributed by atoms with Crippen LogP contribution in [0, 0.1) is 11.3 Å². The van der Waals surface area contributed by atoms with Crippen molar-refractivity contribution in [2.75, 3.05) is 12.1 Å². The molecule has 2 N–H and O–H groups in total. The molecule has 30 heavy (non-hydrogen) atoms. The maximum absolute atomic E-state index is 12.8. The highest BCUT2D eigenvalue weighted by atomic mass is 35.5. The largest absolute Gasteiger partial charge is 0.454 e. The zero-order valence-corrected chi connectivity index (χ0v) is 16.0. The van der Waals surface area contributed by atoms with Gasteiger partial charge < -0.3 is 19.8 Å². The molecule has 1 aliphatic heterocycles. The first-order valence-corrected chi connectivity index (χ1v) is 9.06. The van der Waals surface area contributed by atoms with Crippen molar-refractivity contribution in [1.29, 1.82) is 5.26 Å². The number of nitrogens with one attached hydrogen (secondary N) is 2. The second-order valence-electron chi connectivity index (χ2n) is 6.34. The number of hydrogen-bond donors (Lipinski definition) is 2. The molecule has 0 fully saturated rings. The number of anilines is 1. The van der Waals surface area contributed by atoms with Crippen LogP contribution in [0.2, 0.25) is 5.02 Å². The summed E-state index contributed by atoms with van der Waals surface area (Å²) in [7, 11) is 0. The molecule has 1 amide bonds. The molecule has 1 aromatic heterocycles. The Hall–Kier alpha value is -4.03. The molecule has 3 aromatic rings. The third-order valence-corrected chi connectivity index (χ3v) is 4.67. The van der Waals surface area contributed by atoms with Crippen molar-refractivity contribution in [3.8, 4) is 17.6 Å². The van der Waals surface area contributed by atoms with Crippen molar-refractivity contribution < 1.29 is 14.3 Å². The van der Waals surface area contributed by atoms with E-state index in [0.717, 1.165) is 10.8 Å². The number of carbonyl (C=O) groups excluding carboxylic acids is 1. The van der Waals surface area contributed by atoms with E-state index in [0.29, 0.717) is 22.1 Å². The Balaban J connectivity index is 1.65. The summed E-state index contributed by atoms with van der Waals surface area (Å²) in [6, 6.07) is 11.3. The topological polar surface area (TPSA) is 126 Å². The number of ether oxygens (including phenoxy) is 2. The van der Waals surface area contributed by atoms with Gasteiger partial charge in [0.2, 0.25) is 6.79 Å². The Morgan fingerprint density at radius 3 is 2.80 bits per heavy atom. The number of nitriles is 1. The van der Waals surface area contributed by atoms with Crippen LogP contribution < -0.4 is 26.0 Å². The van der Waals surface area contributed by atoms with Crippen molar-refractivity contribution in [1.82, 2.24) is 9.55 Å². The molecule has 0 saturated carbocycles. The van der Waals surface area contributed by atoms with E-state index in [1.807, 2.05) is 6.07 Å². The highest BCUT2D eigenvalue weighted by molar-refractivity contribution is 6.31. The molecule has 4 rings (SSSR count). The molecule has 2 heterocycles. The Kier molecular flexibility index (Phi) is 5.00. The number of nitrogens with zero attached hydrogens (tertiary/aromatic N) is 2. The fourth-order valence-corrected chi connectivity index (χ4v) is 3.12. The third-order valence-electron chi connectivity index (χ3n) is 4.43. The summed E-state index contributed by atoms with van der Waals surface area (Å²) in [6.07, 6.45) is 1.03. The number of H-pyrrole nitrogens is 1. The molecule has 0 atom stereocenters. The number of carbonyl (C=O) groups is 1. The smallest absolute Gasteiger partial charge is 0.328 e. The molecule has 10 heteroatoms. The predicted octanol–water partition coefficient (Wildman–Crippen LogP) is 2.09. The summed E-state index contributed by atoms with van der Waals surface area (Å²) in [5.41, 5.74) is -0.796. The van der Waals surface area contributed by atoms with E-state index in [9.17, 15) is 19.6 Å². The molecule has 0 bridgehead atoms. The maximum atomic E-state index is 12.8. The van der Waals surface area contributed by atoms with Gasteiger partial charge in [0.05, 0.1) is 17.8 Å². The summed E-state index contributed by atoms with van der Waals surface area (Å²) in [4.78, 5) is 40.1. The molecular formula is C20H13ClN4O5. The molecule has 0 spiro atoms. The van der Waals surface area contributed by atoms with Crippen molar-refractivity contribution in [2.24, 2.45) is 0 Å². The number of hydrogen-bond acceptors (Lipinski definition) is 6. The number of rotatable bonds is 4.